The molecule has 0 bridgehead atoms. The number of benzene rings is 2. The van der Waals surface area contributed by atoms with Gasteiger partial charge in [0.2, 0.25) is 0 Å². The highest BCUT2D eigenvalue weighted by atomic mass is 35.5. The Morgan fingerprint density at radius 2 is 1.89 bits per heavy atom. The molecular weight excluding hydrogens is 391 g/mol. The van der Waals surface area contributed by atoms with Gasteiger partial charge in [-0.15, -0.1) is 0 Å². The van der Waals surface area contributed by atoms with Crippen LogP contribution in [0.4, 0.5) is 14.9 Å². The highest BCUT2D eigenvalue weighted by molar-refractivity contribution is 7.91. The van der Waals surface area contributed by atoms with E-state index in [1.54, 1.807) is 30.3 Å². The predicted octanol–water partition coefficient (Wildman–Crippen LogP) is 3.40. The summed E-state index contributed by atoms with van der Waals surface area (Å²) in [5.74, 6) is -0.569. The highest BCUT2D eigenvalue weighted by Crippen LogP contribution is 2.37. The van der Waals surface area contributed by atoms with Crippen molar-refractivity contribution in [2.45, 2.75) is 25.6 Å². The molecule has 2 saturated heterocycles. The maximum absolute atomic E-state index is 13.5. The van der Waals surface area contributed by atoms with E-state index >= 15 is 0 Å². The minimum Gasteiger partial charge on any atom is -0.314 e. The van der Waals surface area contributed by atoms with Crippen LogP contribution in [0.15, 0.2) is 42.5 Å². The summed E-state index contributed by atoms with van der Waals surface area (Å²) < 4.78 is 38.0. The molecule has 2 aromatic carbocycles. The molecule has 5 nitrogen and oxygen atoms in total. The van der Waals surface area contributed by atoms with Crippen molar-refractivity contribution in [1.29, 1.82) is 0 Å². The molecular formula is C19H18ClFN2O3S. The summed E-state index contributed by atoms with van der Waals surface area (Å²) in [5, 5.41) is 0.515. The fraction of sp³-hybridized carbons (Fsp3) is 0.316. The second kappa shape index (κ2) is 6.49. The fourth-order valence-corrected chi connectivity index (χ4v) is 5.95. The van der Waals surface area contributed by atoms with Crippen molar-refractivity contribution < 1.29 is 17.6 Å². The molecule has 2 heterocycles. The third kappa shape index (κ3) is 3.30. The highest BCUT2D eigenvalue weighted by Gasteiger charge is 2.53. The number of urea groups is 1. The van der Waals surface area contributed by atoms with E-state index in [0.717, 1.165) is 5.56 Å². The number of nitrogens with zero attached hydrogens (tertiary/aromatic N) is 2. The van der Waals surface area contributed by atoms with Gasteiger partial charge >= 0.3 is 6.03 Å². The second-order valence-electron chi connectivity index (χ2n) is 7.06. The molecule has 0 unspecified atom stereocenters. The maximum atomic E-state index is 13.5. The number of hydrogen-bond donors (Lipinski definition) is 0. The Morgan fingerprint density at radius 3 is 2.59 bits per heavy atom. The third-order valence-corrected chi connectivity index (χ3v) is 7.26. The Balaban J connectivity index is 1.72. The lowest BCUT2D eigenvalue weighted by molar-refractivity contribution is 0.206. The van der Waals surface area contributed by atoms with Crippen LogP contribution in [0.2, 0.25) is 5.02 Å². The number of aryl methyl sites for hydroxylation is 1. The zero-order valence-corrected chi connectivity index (χ0v) is 16.2. The van der Waals surface area contributed by atoms with Gasteiger partial charge in [0.05, 0.1) is 23.6 Å². The minimum atomic E-state index is -3.26. The number of fused-ring (bicyclic) bond motifs is 1. The van der Waals surface area contributed by atoms with Crippen molar-refractivity contribution >= 4 is 33.2 Å². The van der Waals surface area contributed by atoms with Crippen LogP contribution >= 0.6 is 11.6 Å². The molecule has 0 aliphatic carbocycles. The van der Waals surface area contributed by atoms with Crippen LogP contribution in [0.5, 0.6) is 0 Å². The number of rotatable bonds is 3. The van der Waals surface area contributed by atoms with Gasteiger partial charge in [0.25, 0.3) is 0 Å². The summed E-state index contributed by atoms with van der Waals surface area (Å²) in [5.41, 5.74) is 2.07. The fourth-order valence-electron chi connectivity index (χ4n) is 3.83. The summed E-state index contributed by atoms with van der Waals surface area (Å²) in [6.45, 7) is 2.01. The normalized spacial score (nSPS) is 23.7. The molecule has 2 fully saturated rings. The zero-order chi connectivity index (χ0) is 19.3. The largest absolute Gasteiger partial charge is 0.325 e. The van der Waals surface area contributed by atoms with Crippen molar-refractivity contribution in [1.82, 2.24) is 4.90 Å². The first kappa shape index (κ1) is 18.3. The average molecular weight is 409 g/mol. The van der Waals surface area contributed by atoms with Gasteiger partial charge in [-0.05, 0) is 42.3 Å². The van der Waals surface area contributed by atoms with Crippen LogP contribution in [-0.4, -0.2) is 42.9 Å². The molecule has 0 spiro atoms. The number of halogens is 2. The molecule has 2 aliphatic rings. The Kier molecular flexibility index (Phi) is 4.39. The SMILES string of the molecule is Cc1ccc(N2C(=O)N(Cc3cccc(F)c3)[C@@H]3CS(=O)(=O)C[C@H]32)cc1Cl. The Labute approximate surface area is 162 Å². The van der Waals surface area contributed by atoms with Gasteiger partial charge in [-0.2, -0.15) is 0 Å². The summed E-state index contributed by atoms with van der Waals surface area (Å²) in [4.78, 5) is 16.2. The van der Waals surface area contributed by atoms with Crippen LogP contribution in [0.25, 0.3) is 0 Å². The first-order chi connectivity index (χ1) is 12.7. The van der Waals surface area contributed by atoms with Gasteiger partial charge in [-0.1, -0.05) is 29.8 Å². The smallest absolute Gasteiger partial charge is 0.314 e. The lowest BCUT2D eigenvalue weighted by atomic mass is 10.1. The Bertz CT molecular complexity index is 1030. The number of carbonyl (C=O) groups excluding carboxylic acids is 1. The first-order valence-electron chi connectivity index (χ1n) is 8.56. The van der Waals surface area contributed by atoms with E-state index in [1.807, 2.05) is 6.92 Å². The summed E-state index contributed by atoms with van der Waals surface area (Å²) in [7, 11) is -3.26. The van der Waals surface area contributed by atoms with E-state index in [2.05, 4.69) is 0 Å². The van der Waals surface area contributed by atoms with E-state index in [-0.39, 0.29) is 24.1 Å². The maximum Gasteiger partial charge on any atom is 0.325 e. The molecule has 2 amide bonds. The monoisotopic (exact) mass is 408 g/mol. The number of amides is 2. The number of hydrogen-bond acceptors (Lipinski definition) is 3. The molecule has 2 atom stereocenters. The van der Waals surface area contributed by atoms with E-state index in [9.17, 15) is 17.6 Å². The first-order valence-corrected chi connectivity index (χ1v) is 10.8. The molecule has 2 aliphatic heterocycles. The lowest BCUT2D eigenvalue weighted by Gasteiger charge is -2.23. The Hall–Kier alpha value is -2.12. The molecule has 27 heavy (non-hydrogen) atoms. The van der Waals surface area contributed by atoms with E-state index in [4.69, 9.17) is 11.6 Å². The zero-order valence-electron chi connectivity index (χ0n) is 14.6. The quantitative estimate of drug-likeness (QED) is 0.731. The molecule has 2 aromatic rings. The van der Waals surface area contributed by atoms with Crippen LogP contribution in [0.3, 0.4) is 0 Å². The Morgan fingerprint density at radius 1 is 1.15 bits per heavy atom. The molecule has 0 aromatic heterocycles. The number of carbonyl (C=O) groups is 1. The summed E-state index contributed by atoms with van der Waals surface area (Å²) in [6, 6.07) is 10.0. The topological polar surface area (TPSA) is 57.7 Å². The van der Waals surface area contributed by atoms with E-state index < -0.39 is 27.7 Å². The van der Waals surface area contributed by atoms with Crippen molar-refractivity contribution in [3.63, 3.8) is 0 Å². The third-order valence-electron chi connectivity index (χ3n) is 5.15. The lowest BCUT2D eigenvalue weighted by Crippen LogP contribution is -2.37. The molecule has 8 heteroatoms. The van der Waals surface area contributed by atoms with Gasteiger partial charge in [-0.25, -0.2) is 17.6 Å². The van der Waals surface area contributed by atoms with Crippen LogP contribution < -0.4 is 4.90 Å². The van der Waals surface area contributed by atoms with Crippen molar-refractivity contribution in [3.8, 4) is 0 Å². The molecule has 142 valence electrons. The van der Waals surface area contributed by atoms with Crippen LogP contribution in [0, 0.1) is 12.7 Å². The van der Waals surface area contributed by atoms with Crippen molar-refractivity contribution in [3.05, 3.63) is 64.4 Å². The summed E-state index contributed by atoms with van der Waals surface area (Å²) in [6.07, 6.45) is 0. The van der Waals surface area contributed by atoms with Gasteiger partial charge in [0, 0.05) is 17.3 Å². The van der Waals surface area contributed by atoms with Crippen LogP contribution in [-0.2, 0) is 16.4 Å². The number of sulfone groups is 1. The van der Waals surface area contributed by atoms with Gasteiger partial charge in [-0.3, -0.25) is 4.90 Å². The predicted molar refractivity (Wildman–Crippen MR) is 102 cm³/mol. The van der Waals surface area contributed by atoms with E-state index in [1.165, 1.54) is 21.9 Å². The van der Waals surface area contributed by atoms with Gasteiger partial charge < -0.3 is 4.90 Å². The van der Waals surface area contributed by atoms with Gasteiger partial charge in [0.15, 0.2) is 9.84 Å². The van der Waals surface area contributed by atoms with E-state index in [0.29, 0.717) is 16.3 Å². The molecule has 0 radical (unpaired) electrons. The van der Waals surface area contributed by atoms with Crippen molar-refractivity contribution in [2.75, 3.05) is 16.4 Å². The second-order valence-corrected chi connectivity index (χ2v) is 9.62. The summed E-state index contributed by atoms with van der Waals surface area (Å²) >= 11 is 6.21. The minimum absolute atomic E-state index is 0.0885. The standard InChI is InChI=1S/C19H18ClFN2O3S/c1-12-5-6-15(8-16(12)20)23-18-11-27(25,26)10-17(18)22(19(23)24)9-13-3-2-4-14(21)7-13/h2-8,17-18H,9-11H2,1H3/t17-,18-/m1/s1. The van der Waals surface area contributed by atoms with Crippen LogP contribution in [0.1, 0.15) is 11.1 Å². The van der Waals surface area contributed by atoms with Crippen molar-refractivity contribution in [2.24, 2.45) is 0 Å². The molecule has 0 N–H and O–H groups in total. The molecule has 4 rings (SSSR count). The number of anilines is 1. The average Bonchev–Trinajstić information content (AvgIpc) is 3.02. The molecule has 0 saturated carbocycles. The van der Waals surface area contributed by atoms with Gasteiger partial charge in [0.1, 0.15) is 5.82 Å².